The standard InChI is InChI=1S/C21H18BrF3N2O3S/c1-19(14-9-12(22)5-8-15(14)23)16-20(17(28)29,21(16,24)25)31-18(27-19)26-10-11-3-6-13(30-2)7-4-11/h3-9,16H,10H2,1-2H3,(H,26,27)(H,28,29)/p-1. The summed E-state index contributed by atoms with van der Waals surface area (Å²) in [5.41, 5.74) is -1.04. The zero-order valence-corrected chi connectivity index (χ0v) is 18.8. The summed E-state index contributed by atoms with van der Waals surface area (Å²) in [5, 5.41) is 14.8. The third-order valence-corrected chi connectivity index (χ3v) is 7.65. The SMILES string of the molecule is COc1ccc(CN=C2NC(C)(c3cc(Br)ccc3F)C3C(F)(F)C3(C(=O)[O-])S2)cc1. The minimum atomic E-state index is -3.62. The Morgan fingerprint density at radius 1 is 1.29 bits per heavy atom. The Morgan fingerprint density at radius 3 is 2.58 bits per heavy atom. The van der Waals surface area contributed by atoms with Crippen molar-refractivity contribution in [2.24, 2.45) is 10.9 Å². The molecule has 5 nitrogen and oxygen atoms in total. The highest BCUT2D eigenvalue weighted by Crippen LogP contribution is 2.73. The number of hydrogen-bond donors (Lipinski definition) is 1. The molecule has 164 valence electrons. The molecule has 2 aromatic rings. The van der Waals surface area contributed by atoms with Gasteiger partial charge in [0.15, 0.2) is 5.17 Å². The average molecular weight is 514 g/mol. The van der Waals surface area contributed by atoms with Crippen molar-refractivity contribution in [3.63, 3.8) is 0 Å². The van der Waals surface area contributed by atoms with Crippen molar-refractivity contribution in [2.75, 3.05) is 7.11 Å². The number of hydrogen-bond acceptors (Lipinski definition) is 5. The Balaban J connectivity index is 1.75. The molecular formula is C21H17BrF3N2O3S-. The number of nitrogens with zero attached hydrogens (tertiary/aromatic N) is 1. The molecule has 10 heteroatoms. The number of methoxy groups -OCH3 is 1. The second kappa shape index (κ2) is 7.44. The number of aliphatic imine (C=N–C) groups is 1. The maximum atomic E-state index is 15.0. The molecule has 1 heterocycles. The normalized spacial score (nSPS) is 29.7. The number of rotatable bonds is 5. The highest BCUT2D eigenvalue weighted by molar-refractivity contribution is 9.10. The number of fused-ring (bicyclic) bond motifs is 1. The van der Waals surface area contributed by atoms with E-state index in [-0.39, 0.29) is 17.3 Å². The lowest BCUT2D eigenvalue weighted by atomic mass is 9.85. The molecule has 0 bridgehead atoms. The van der Waals surface area contributed by atoms with E-state index in [1.165, 1.54) is 26.2 Å². The van der Waals surface area contributed by atoms with Crippen molar-refractivity contribution in [3.8, 4) is 5.75 Å². The summed E-state index contributed by atoms with van der Waals surface area (Å²) in [4.78, 5) is 16.2. The number of halogens is 4. The highest BCUT2D eigenvalue weighted by atomic mass is 79.9. The second-order valence-corrected chi connectivity index (χ2v) is 9.75. The number of benzene rings is 2. The van der Waals surface area contributed by atoms with Crippen LogP contribution >= 0.6 is 27.7 Å². The molecular weight excluding hydrogens is 497 g/mol. The first-order valence-electron chi connectivity index (χ1n) is 9.25. The van der Waals surface area contributed by atoms with Gasteiger partial charge in [0, 0.05) is 10.0 Å². The molecule has 3 unspecified atom stereocenters. The van der Waals surface area contributed by atoms with Gasteiger partial charge in [-0.3, -0.25) is 4.99 Å². The van der Waals surface area contributed by atoms with Crippen molar-refractivity contribution in [1.29, 1.82) is 0 Å². The maximum absolute atomic E-state index is 15.0. The summed E-state index contributed by atoms with van der Waals surface area (Å²) in [6.45, 7) is 1.47. The van der Waals surface area contributed by atoms with Crippen molar-refractivity contribution in [2.45, 2.75) is 29.7 Å². The number of carboxylic acids is 1. The van der Waals surface area contributed by atoms with Crippen LogP contribution in [0.5, 0.6) is 5.75 Å². The summed E-state index contributed by atoms with van der Waals surface area (Å²) in [6, 6.07) is 10.9. The molecule has 2 aliphatic rings. The van der Waals surface area contributed by atoms with Gasteiger partial charge in [-0.05, 0) is 42.8 Å². The molecule has 4 rings (SSSR count). The number of thioether (sulfide) groups is 1. The van der Waals surface area contributed by atoms with E-state index >= 15 is 0 Å². The summed E-state index contributed by atoms with van der Waals surface area (Å²) < 4.78 is 47.6. The molecule has 0 spiro atoms. The molecule has 0 amide bonds. The van der Waals surface area contributed by atoms with Crippen LogP contribution in [0.4, 0.5) is 13.2 Å². The topological polar surface area (TPSA) is 73.8 Å². The first-order valence-corrected chi connectivity index (χ1v) is 10.9. The van der Waals surface area contributed by atoms with E-state index in [4.69, 9.17) is 4.74 Å². The fraction of sp³-hybridized carbons (Fsp3) is 0.333. The number of carbonyl (C=O) groups is 1. The quantitative estimate of drug-likeness (QED) is 0.662. The summed E-state index contributed by atoms with van der Waals surface area (Å²) in [7, 11) is 1.53. The first-order chi connectivity index (χ1) is 14.6. The zero-order chi connectivity index (χ0) is 22.6. The number of aliphatic carboxylic acids is 1. The smallest absolute Gasteiger partial charge is 0.276 e. The number of amidine groups is 1. The van der Waals surface area contributed by atoms with Gasteiger partial charge < -0.3 is 20.0 Å². The average Bonchev–Trinajstić information content (AvgIpc) is 3.26. The van der Waals surface area contributed by atoms with Gasteiger partial charge in [-0.2, -0.15) is 0 Å². The number of alkyl halides is 2. The van der Waals surface area contributed by atoms with E-state index in [0.717, 1.165) is 11.6 Å². The minimum Gasteiger partial charge on any atom is -0.548 e. The zero-order valence-electron chi connectivity index (χ0n) is 16.4. The molecule has 1 saturated heterocycles. The first kappa shape index (κ1) is 22.0. The number of ether oxygens (including phenoxy) is 1. The van der Waals surface area contributed by atoms with Gasteiger partial charge in [0.05, 0.1) is 31.1 Å². The van der Waals surface area contributed by atoms with Crippen LogP contribution in [-0.4, -0.2) is 28.9 Å². The summed E-state index contributed by atoms with van der Waals surface area (Å²) >= 11 is 3.65. The summed E-state index contributed by atoms with van der Waals surface area (Å²) in [5.74, 6) is -7.31. The molecule has 2 fully saturated rings. The van der Waals surface area contributed by atoms with Gasteiger partial charge in [0.2, 0.25) is 0 Å². The van der Waals surface area contributed by atoms with E-state index < -0.39 is 33.9 Å². The summed E-state index contributed by atoms with van der Waals surface area (Å²) in [6.07, 6.45) is 0. The van der Waals surface area contributed by atoms with Crippen LogP contribution in [0.1, 0.15) is 18.1 Å². The number of carboxylic acid groups (broad SMARTS) is 1. The molecule has 0 aromatic heterocycles. The van der Waals surface area contributed by atoms with Gasteiger partial charge in [-0.1, -0.05) is 39.8 Å². The highest BCUT2D eigenvalue weighted by Gasteiger charge is 2.89. The van der Waals surface area contributed by atoms with E-state index in [1.54, 1.807) is 24.3 Å². The molecule has 1 aliphatic carbocycles. The van der Waals surface area contributed by atoms with Crippen LogP contribution in [0.25, 0.3) is 0 Å². The van der Waals surface area contributed by atoms with Gasteiger partial charge >= 0.3 is 0 Å². The number of carbonyl (C=O) groups excluding carboxylic acids is 1. The van der Waals surface area contributed by atoms with Gasteiger partial charge in [0.25, 0.3) is 5.92 Å². The third-order valence-electron chi connectivity index (χ3n) is 5.74. The maximum Gasteiger partial charge on any atom is 0.276 e. The molecule has 0 radical (unpaired) electrons. The molecule has 3 atom stereocenters. The van der Waals surface area contributed by atoms with E-state index in [0.29, 0.717) is 22.0 Å². The monoisotopic (exact) mass is 513 g/mol. The Hall–Kier alpha value is -2.20. The Bertz CT molecular complexity index is 1080. The minimum absolute atomic E-state index is 0.0182. The van der Waals surface area contributed by atoms with Crippen LogP contribution in [-0.2, 0) is 16.9 Å². The molecule has 1 N–H and O–H groups in total. The number of nitrogens with one attached hydrogen (secondary N) is 1. The molecule has 1 aliphatic heterocycles. The van der Waals surface area contributed by atoms with Crippen LogP contribution in [0, 0.1) is 11.7 Å². The lowest BCUT2D eigenvalue weighted by molar-refractivity contribution is -0.307. The predicted molar refractivity (Wildman–Crippen MR) is 112 cm³/mol. The fourth-order valence-corrected chi connectivity index (χ4v) is 5.97. The van der Waals surface area contributed by atoms with E-state index in [2.05, 4.69) is 26.2 Å². The van der Waals surface area contributed by atoms with Crippen LogP contribution in [0.3, 0.4) is 0 Å². The van der Waals surface area contributed by atoms with Gasteiger partial charge in [-0.25, -0.2) is 13.2 Å². The van der Waals surface area contributed by atoms with Crippen molar-refractivity contribution >= 4 is 38.8 Å². The van der Waals surface area contributed by atoms with E-state index in [1.807, 2.05) is 0 Å². The van der Waals surface area contributed by atoms with Gasteiger partial charge in [-0.15, -0.1) is 0 Å². The van der Waals surface area contributed by atoms with Gasteiger partial charge in [0.1, 0.15) is 16.3 Å². The van der Waals surface area contributed by atoms with Crippen molar-refractivity contribution < 1.29 is 27.8 Å². The van der Waals surface area contributed by atoms with Crippen LogP contribution in [0.15, 0.2) is 51.9 Å². The lowest BCUT2D eigenvalue weighted by Gasteiger charge is -2.39. The lowest BCUT2D eigenvalue weighted by Crippen LogP contribution is -2.54. The van der Waals surface area contributed by atoms with E-state index in [9.17, 15) is 23.1 Å². The van der Waals surface area contributed by atoms with Crippen molar-refractivity contribution in [3.05, 3.63) is 63.9 Å². The molecule has 1 saturated carbocycles. The third kappa shape index (κ3) is 3.31. The molecule has 2 aromatic carbocycles. The Morgan fingerprint density at radius 2 is 1.97 bits per heavy atom. The van der Waals surface area contributed by atoms with Crippen LogP contribution in [0.2, 0.25) is 0 Å². The molecule has 31 heavy (non-hydrogen) atoms. The van der Waals surface area contributed by atoms with Crippen LogP contribution < -0.4 is 15.2 Å². The second-order valence-electron chi connectivity index (χ2n) is 7.60. The largest absolute Gasteiger partial charge is 0.548 e. The Labute approximate surface area is 189 Å². The predicted octanol–water partition coefficient (Wildman–Crippen LogP) is 3.46. The Kier molecular flexibility index (Phi) is 5.28. The van der Waals surface area contributed by atoms with Crippen molar-refractivity contribution in [1.82, 2.24) is 5.32 Å². The fourth-order valence-electron chi connectivity index (χ4n) is 4.13.